The van der Waals surface area contributed by atoms with Crippen LogP contribution in [0.4, 0.5) is 5.69 Å². The molecule has 1 atom stereocenters. The van der Waals surface area contributed by atoms with Crippen molar-refractivity contribution < 1.29 is 4.79 Å². The summed E-state index contributed by atoms with van der Waals surface area (Å²) in [4.78, 5) is 13.7. The second-order valence-corrected chi connectivity index (χ2v) is 4.25. The van der Waals surface area contributed by atoms with Crippen LogP contribution < -0.4 is 4.90 Å². The van der Waals surface area contributed by atoms with Crippen molar-refractivity contribution in [1.29, 1.82) is 5.26 Å². The number of nitrogens with zero attached hydrogens (tertiary/aromatic N) is 2. The molecule has 1 aromatic carbocycles. The number of hydrogen-bond donors (Lipinski definition) is 0. The standard InChI is InChI=1S/C14H18N2O/c1-4-5-11(2)14(17)16(3)13-8-6-12(10-15)7-9-13/h6-9,11H,4-5H2,1-3H3. The van der Waals surface area contributed by atoms with E-state index in [0.717, 1.165) is 18.5 Å². The molecule has 0 aromatic heterocycles. The zero-order valence-electron chi connectivity index (χ0n) is 10.6. The fraction of sp³-hybridized carbons (Fsp3) is 0.429. The third-order valence-electron chi connectivity index (χ3n) is 2.86. The Morgan fingerprint density at radius 1 is 1.41 bits per heavy atom. The normalized spacial score (nSPS) is 11.6. The monoisotopic (exact) mass is 230 g/mol. The summed E-state index contributed by atoms with van der Waals surface area (Å²) in [5.74, 6) is 0.164. The Labute approximate surface area is 103 Å². The van der Waals surface area contributed by atoms with E-state index in [9.17, 15) is 4.79 Å². The lowest BCUT2D eigenvalue weighted by atomic mass is 10.0. The number of rotatable bonds is 4. The first-order chi connectivity index (χ1) is 8.10. The quantitative estimate of drug-likeness (QED) is 0.798. The van der Waals surface area contributed by atoms with Crippen LogP contribution in [-0.4, -0.2) is 13.0 Å². The molecule has 0 aliphatic rings. The summed E-state index contributed by atoms with van der Waals surface area (Å²) in [6.45, 7) is 4.03. The van der Waals surface area contributed by atoms with E-state index in [4.69, 9.17) is 5.26 Å². The van der Waals surface area contributed by atoms with Crippen LogP contribution in [-0.2, 0) is 4.79 Å². The first kappa shape index (κ1) is 13.2. The Balaban J connectivity index is 2.78. The van der Waals surface area contributed by atoms with Gasteiger partial charge in [0.05, 0.1) is 11.6 Å². The van der Waals surface area contributed by atoms with Crippen LogP contribution in [0.3, 0.4) is 0 Å². The molecule has 90 valence electrons. The molecule has 1 rings (SSSR count). The number of amides is 1. The molecule has 0 heterocycles. The molecule has 3 heteroatoms. The Bertz CT molecular complexity index is 417. The molecule has 3 nitrogen and oxygen atoms in total. The van der Waals surface area contributed by atoms with Gasteiger partial charge in [-0.05, 0) is 30.7 Å². The number of hydrogen-bond acceptors (Lipinski definition) is 2. The van der Waals surface area contributed by atoms with Crippen molar-refractivity contribution in [2.24, 2.45) is 5.92 Å². The third kappa shape index (κ3) is 3.32. The van der Waals surface area contributed by atoms with Crippen LogP contribution in [0.2, 0.25) is 0 Å². The average Bonchev–Trinajstić information content (AvgIpc) is 2.37. The largest absolute Gasteiger partial charge is 0.315 e. The highest BCUT2D eigenvalue weighted by molar-refractivity contribution is 5.94. The van der Waals surface area contributed by atoms with Crippen LogP contribution in [0.1, 0.15) is 32.3 Å². The zero-order valence-corrected chi connectivity index (χ0v) is 10.6. The molecule has 1 amide bonds. The zero-order chi connectivity index (χ0) is 12.8. The maximum absolute atomic E-state index is 12.0. The van der Waals surface area contributed by atoms with Gasteiger partial charge in [-0.2, -0.15) is 5.26 Å². The molecule has 0 aliphatic carbocycles. The fourth-order valence-electron chi connectivity index (χ4n) is 1.77. The van der Waals surface area contributed by atoms with Gasteiger partial charge < -0.3 is 4.90 Å². The predicted octanol–water partition coefficient (Wildman–Crippen LogP) is 2.96. The summed E-state index contributed by atoms with van der Waals surface area (Å²) in [6.07, 6.45) is 1.91. The number of carbonyl (C=O) groups excluding carboxylic acids is 1. The maximum Gasteiger partial charge on any atom is 0.229 e. The van der Waals surface area contributed by atoms with Crippen LogP contribution in [0.25, 0.3) is 0 Å². The van der Waals surface area contributed by atoms with Crippen molar-refractivity contribution in [2.45, 2.75) is 26.7 Å². The molecule has 0 aliphatic heterocycles. The minimum absolute atomic E-state index is 0.0423. The van der Waals surface area contributed by atoms with Gasteiger partial charge in [-0.25, -0.2) is 0 Å². The molecule has 1 unspecified atom stereocenters. The molecule has 0 radical (unpaired) electrons. The van der Waals surface area contributed by atoms with E-state index in [0.29, 0.717) is 5.56 Å². The van der Waals surface area contributed by atoms with Gasteiger partial charge in [-0.1, -0.05) is 20.3 Å². The van der Waals surface area contributed by atoms with Crippen molar-refractivity contribution in [3.8, 4) is 6.07 Å². The highest BCUT2D eigenvalue weighted by Crippen LogP contribution is 2.17. The van der Waals surface area contributed by atoms with E-state index in [1.807, 2.05) is 6.92 Å². The molecule has 0 saturated heterocycles. The number of carbonyl (C=O) groups is 1. The molecule has 0 saturated carbocycles. The van der Waals surface area contributed by atoms with Gasteiger partial charge >= 0.3 is 0 Å². The van der Waals surface area contributed by atoms with Gasteiger partial charge in [0, 0.05) is 18.7 Å². The topological polar surface area (TPSA) is 44.1 Å². The lowest BCUT2D eigenvalue weighted by Crippen LogP contribution is -2.31. The van der Waals surface area contributed by atoms with E-state index < -0.39 is 0 Å². The second-order valence-electron chi connectivity index (χ2n) is 4.25. The molecule has 0 fully saturated rings. The maximum atomic E-state index is 12.0. The summed E-state index contributed by atoms with van der Waals surface area (Å²) < 4.78 is 0. The fourth-order valence-corrected chi connectivity index (χ4v) is 1.77. The van der Waals surface area contributed by atoms with Crippen molar-refractivity contribution in [2.75, 3.05) is 11.9 Å². The van der Waals surface area contributed by atoms with Gasteiger partial charge in [-0.3, -0.25) is 4.79 Å². The van der Waals surface area contributed by atoms with Crippen LogP contribution in [0.5, 0.6) is 0 Å². The predicted molar refractivity (Wildman–Crippen MR) is 68.6 cm³/mol. The SMILES string of the molecule is CCCC(C)C(=O)N(C)c1ccc(C#N)cc1. The van der Waals surface area contributed by atoms with Gasteiger partial charge in [0.15, 0.2) is 0 Å². The van der Waals surface area contributed by atoms with Crippen molar-refractivity contribution in [3.63, 3.8) is 0 Å². The van der Waals surface area contributed by atoms with Gasteiger partial charge in [0.1, 0.15) is 0 Å². The van der Waals surface area contributed by atoms with Crippen LogP contribution >= 0.6 is 0 Å². The Morgan fingerprint density at radius 3 is 2.47 bits per heavy atom. The smallest absolute Gasteiger partial charge is 0.229 e. The number of benzene rings is 1. The Kier molecular flexibility index (Phi) is 4.71. The van der Waals surface area contributed by atoms with E-state index in [2.05, 4.69) is 13.0 Å². The minimum atomic E-state index is 0.0423. The summed E-state index contributed by atoms with van der Waals surface area (Å²) in [5.41, 5.74) is 1.44. The summed E-state index contributed by atoms with van der Waals surface area (Å²) >= 11 is 0. The minimum Gasteiger partial charge on any atom is -0.315 e. The van der Waals surface area contributed by atoms with Crippen LogP contribution in [0.15, 0.2) is 24.3 Å². The second kappa shape index (κ2) is 6.05. The first-order valence-corrected chi connectivity index (χ1v) is 5.87. The summed E-state index contributed by atoms with van der Waals surface area (Å²) in [6, 6.07) is 9.11. The molecule has 17 heavy (non-hydrogen) atoms. The van der Waals surface area contributed by atoms with Crippen molar-refractivity contribution in [3.05, 3.63) is 29.8 Å². The van der Waals surface area contributed by atoms with Gasteiger partial charge in [-0.15, -0.1) is 0 Å². The summed E-state index contributed by atoms with van der Waals surface area (Å²) in [7, 11) is 1.77. The number of anilines is 1. The Hall–Kier alpha value is -1.82. The lowest BCUT2D eigenvalue weighted by Gasteiger charge is -2.21. The molecular formula is C14H18N2O. The average molecular weight is 230 g/mol. The van der Waals surface area contributed by atoms with E-state index in [1.165, 1.54) is 0 Å². The summed E-state index contributed by atoms with van der Waals surface area (Å²) in [5, 5.41) is 8.70. The van der Waals surface area contributed by atoms with E-state index in [-0.39, 0.29) is 11.8 Å². The molecule has 0 bridgehead atoms. The third-order valence-corrected chi connectivity index (χ3v) is 2.86. The Morgan fingerprint density at radius 2 is 2.00 bits per heavy atom. The highest BCUT2D eigenvalue weighted by atomic mass is 16.2. The molecular weight excluding hydrogens is 212 g/mol. The van der Waals surface area contributed by atoms with Crippen molar-refractivity contribution >= 4 is 11.6 Å². The van der Waals surface area contributed by atoms with Crippen LogP contribution in [0, 0.1) is 17.2 Å². The number of nitriles is 1. The van der Waals surface area contributed by atoms with E-state index >= 15 is 0 Å². The lowest BCUT2D eigenvalue weighted by molar-refractivity contribution is -0.121. The van der Waals surface area contributed by atoms with Gasteiger partial charge in [0.25, 0.3) is 0 Å². The molecule has 0 spiro atoms. The highest BCUT2D eigenvalue weighted by Gasteiger charge is 2.17. The first-order valence-electron chi connectivity index (χ1n) is 5.87. The van der Waals surface area contributed by atoms with Gasteiger partial charge in [0.2, 0.25) is 5.91 Å². The van der Waals surface area contributed by atoms with E-state index in [1.54, 1.807) is 36.2 Å². The molecule has 0 N–H and O–H groups in total. The molecule has 1 aromatic rings. The van der Waals surface area contributed by atoms with Crippen molar-refractivity contribution in [1.82, 2.24) is 0 Å².